The molecule has 0 radical (unpaired) electrons. The first-order valence-electron chi connectivity index (χ1n) is 7.10. The standard InChI is InChI=1S/C16H15N3O2S2/c1-2-19-15(21)13-11(10-6-4-3-5-7-10)8-22-14(13)18-16(19)23-9-12(17)20/h3-8H,2,9H2,1H3,(H2,17,20). The van der Waals surface area contributed by atoms with Crippen LogP contribution in [-0.4, -0.2) is 21.2 Å². The summed E-state index contributed by atoms with van der Waals surface area (Å²) in [4.78, 5) is 29.1. The molecule has 2 heterocycles. The molecule has 0 aliphatic rings. The van der Waals surface area contributed by atoms with Crippen LogP contribution in [0.1, 0.15) is 6.92 Å². The predicted molar refractivity (Wildman–Crippen MR) is 94.9 cm³/mol. The number of rotatable bonds is 5. The van der Waals surface area contributed by atoms with Gasteiger partial charge in [0.1, 0.15) is 4.83 Å². The maximum Gasteiger partial charge on any atom is 0.263 e. The van der Waals surface area contributed by atoms with Crippen LogP contribution in [-0.2, 0) is 11.3 Å². The van der Waals surface area contributed by atoms with Crippen molar-refractivity contribution in [2.24, 2.45) is 5.73 Å². The molecular weight excluding hydrogens is 330 g/mol. The van der Waals surface area contributed by atoms with E-state index in [0.29, 0.717) is 21.9 Å². The van der Waals surface area contributed by atoms with Crippen LogP contribution >= 0.6 is 23.1 Å². The van der Waals surface area contributed by atoms with Gasteiger partial charge in [0.15, 0.2) is 5.16 Å². The fourth-order valence-corrected chi connectivity index (χ4v) is 4.15. The van der Waals surface area contributed by atoms with E-state index in [2.05, 4.69) is 4.98 Å². The molecule has 0 atom stereocenters. The van der Waals surface area contributed by atoms with E-state index in [-0.39, 0.29) is 11.3 Å². The number of fused-ring (bicyclic) bond motifs is 1. The van der Waals surface area contributed by atoms with Crippen molar-refractivity contribution in [3.63, 3.8) is 0 Å². The molecule has 0 fully saturated rings. The van der Waals surface area contributed by atoms with E-state index in [4.69, 9.17) is 5.73 Å². The summed E-state index contributed by atoms with van der Waals surface area (Å²) in [6.07, 6.45) is 0. The van der Waals surface area contributed by atoms with Crippen molar-refractivity contribution in [3.05, 3.63) is 46.1 Å². The molecule has 2 aromatic heterocycles. The Labute approximate surface area is 141 Å². The number of thioether (sulfide) groups is 1. The summed E-state index contributed by atoms with van der Waals surface area (Å²) < 4.78 is 1.59. The zero-order valence-corrected chi connectivity index (χ0v) is 14.1. The lowest BCUT2D eigenvalue weighted by Gasteiger charge is -2.09. The van der Waals surface area contributed by atoms with Crippen LogP contribution < -0.4 is 11.3 Å². The minimum atomic E-state index is -0.428. The maximum absolute atomic E-state index is 12.9. The number of thiophene rings is 1. The summed E-state index contributed by atoms with van der Waals surface area (Å²) in [5.74, 6) is -0.322. The van der Waals surface area contributed by atoms with Crippen molar-refractivity contribution in [1.29, 1.82) is 0 Å². The number of nitrogens with zero attached hydrogens (tertiary/aromatic N) is 2. The third-order valence-corrected chi connectivity index (χ3v) is 5.27. The van der Waals surface area contributed by atoms with Gasteiger partial charge in [-0.3, -0.25) is 14.2 Å². The molecule has 0 aliphatic heterocycles. The molecule has 0 saturated heterocycles. The van der Waals surface area contributed by atoms with Gasteiger partial charge in [-0.1, -0.05) is 42.1 Å². The van der Waals surface area contributed by atoms with Gasteiger partial charge in [0.25, 0.3) is 5.56 Å². The van der Waals surface area contributed by atoms with E-state index >= 15 is 0 Å². The average Bonchev–Trinajstić information content (AvgIpc) is 2.98. The Morgan fingerprint density at radius 2 is 2.09 bits per heavy atom. The zero-order valence-electron chi connectivity index (χ0n) is 12.5. The Kier molecular flexibility index (Phi) is 4.49. The van der Waals surface area contributed by atoms with Crippen LogP contribution in [0.15, 0.2) is 45.7 Å². The van der Waals surface area contributed by atoms with Crippen LogP contribution in [0.25, 0.3) is 21.3 Å². The molecule has 1 aromatic carbocycles. The zero-order chi connectivity index (χ0) is 16.4. The van der Waals surface area contributed by atoms with Gasteiger partial charge in [-0.25, -0.2) is 4.98 Å². The monoisotopic (exact) mass is 345 g/mol. The molecule has 0 spiro atoms. The van der Waals surface area contributed by atoms with Crippen molar-refractivity contribution in [3.8, 4) is 11.1 Å². The number of carbonyl (C=O) groups is 1. The highest BCUT2D eigenvalue weighted by molar-refractivity contribution is 7.99. The quantitative estimate of drug-likeness (QED) is 0.570. The average molecular weight is 345 g/mol. The van der Waals surface area contributed by atoms with Crippen molar-refractivity contribution in [1.82, 2.24) is 9.55 Å². The first-order chi connectivity index (χ1) is 11.1. The molecule has 0 aliphatic carbocycles. The highest BCUT2D eigenvalue weighted by Crippen LogP contribution is 2.31. The lowest BCUT2D eigenvalue weighted by atomic mass is 10.1. The van der Waals surface area contributed by atoms with Crippen molar-refractivity contribution < 1.29 is 4.79 Å². The molecular formula is C16H15N3O2S2. The summed E-state index contributed by atoms with van der Waals surface area (Å²) in [5, 5.41) is 3.12. The van der Waals surface area contributed by atoms with E-state index in [9.17, 15) is 9.59 Å². The molecule has 2 N–H and O–H groups in total. The van der Waals surface area contributed by atoms with Gasteiger partial charge in [-0.2, -0.15) is 0 Å². The summed E-state index contributed by atoms with van der Waals surface area (Å²) in [6.45, 7) is 2.38. The van der Waals surface area contributed by atoms with Gasteiger partial charge in [-0.15, -0.1) is 11.3 Å². The summed E-state index contributed by atoms with van der Waals surface area (Å²) in [7, 11) is 0. The lowest BCUT2D eigenvalue weighted by Crippen LogP contribution is -2.23. The van der Waals surface area contributed by atoms with E-state index in [1.807, 2.05) is 42.6 Å². The second kappa shape index (κ2) is 6.55. The fraction of sp³-hybridized carbons (Fsp3) is 0.188. The number of carbonyl (C=O) groups excluding carboxylic acids is 1. The number of primary amides is 1. The van der Waals surface area contributed by atoms with Gasteiger partial charge in [0, 0.05) is 17.5 Å². The molecule has 3 aromatic rings. The lowest BCUT2D eigenvalue weighted by molar-refractivity contribution is -0.115. The third-order valence-electron chi connectivity index (χ3n) is 3.40. The number of hydrogen-bond acceptors (Lipinski definition) is 5. The number of aromatic nitrogens is 2. The first-order valence-corrected chi connectivity index (χ1v) is 8.97. The Balaban J connectivity index is 2.19. The Morgan fingerprint density at radius 1 is 1.35 bits per heavy atom. The largest absolute Gasteiger partial charge is 0.369 e. The van der Waals surface area contributed by atoms with Crippen LogP contribution in [0, 0.1) is 0 Å². The summed E-state index contributed by atoms with van der Waals surface area (Å²) in [6, 6.07) is 9.79. The molecule has 0 bridgehead atoms. The molecule has 3 rings (SSSR count). The summed E-state index contributed by atoms with van der Waals surface area (Å²) >= 11 is 2.63. The predicted octanol–water partition coefficient (Wildman–Crippen LogP) is 2.72. The van der Waals surface area contributed by atoms with Gasteiger partial charge >= 0.3 is 0 Å². The molecule has 5 nitrogen and oxygen atoms in total. The second-order valence-electron chi connectivity index (χ2n) is 4.89. The van der Waals surface area contributed by atoms with Crippen LogP contribution in [0.4, 0.5) is 0 Å². The fourth-order valence-electron chi connectivity index (χ4n) is 2.36. The highest BCUT2D eigenvalue weighted by atomic mass is 32.2. The molecule has 118 valence electrons. The number of benzene rings is 1. The number of amides is 1. The molecule has 23 heavy (non-hydrogen) atoms. The SMILES string of the molecule is CCn1c(SCC(N)=O)nc2scc(-c3ccccc3)c2c1=O. The Morgan fingerprint density at radius 3 is 2.74 bits per heavy atom. The van der Waals surface area contributed by atoms with Crippen molar-refractivity contribution >= 4 is 39.2 Å². The molecule has 0 unspecified atom stereocenters. The topological polar surface area (TPSA) is 78.0 Å². The first kappa shape index (κ1) is 15.8. The summed E-state index contributed by atoms with van der Waals surface area (Å²) in [5.41, 5.74) is 7.01. The van der Waals surface area contributed by atoms with Crippen molar-refractivity contribution in [2.45, 2.75) is 18.6 Å². The van der Waals surface area contributed by atoms with Crippen LogP contribution in [0.2, 0.25) is 0 Å². The highest BCUT2D eigenvalue weighted by Gasteiger charge is 2.16. The molecule has 7 heteroatoms. The maximum atomic E-state index is 12.9. The molecule has 1 amide bonds. The van der Waals surface area contributed by atoms with E-state index in [1.165, 1.54) is 23.1 Å². The van der Waals surface area contributed by atoms with Gasteiger partial charge in [0.2, 0.25) is 5.91 Å². The Bertz CT molecular complexity index is 916. The Hall–Kier alpha value is -2.12. The number of nitrogens with two attached hydrogens (primary N) is 1. The van der Waals surface area contributed by atoms with Crippen molar-refractivity contribution in [2.75, 3.05) is 5.75 Å². The minimum Gasteiger partial charge on any atom is -0.369 e. The van der Waals surface area contributed by atoms with Gasteiger partial charge in [0.05, 0.1) is 11.1 Å². The number of hydrogen-bond donors (Lipinski definition) is 1. The van der Waals surface area contributed by atoms with Gasteiger partial charge in [-0.05, 0) is 12.5 Å². The van der Waals surface area contributed by atoms with Gasteiger partial charge < -0.3 is 5.73 Å². The third kappa shape index (κ3) is 3.02. The smallest absolute Gasteiger partial charge is 0.263 e. The van der Waals surface area contributed by atoms with E-state index in [1.54, 1.807) is 4.57 Å². The van der Waals surface area contributed by atoms with E-state index < -0.39 is 5.91 Å². The van der Waals surface area contributed by atoms with Crippen LogP contribution in [0.5, 0.6) is 0 Å². The van der Waals surface area contributed by atoms with Crippen LogP contribution in [0.3, 0.4) is 0 Å². The van der Waals surface area contributed by atoms with E-state index in [0.717, 1.165) is 11.1 Å². The normalized spacial score (nSPS) is 11.0. The molecule has 0 saturated carbocycles. The second-order valence-corrected chi connectivity index (χ2v) is 6.69. The minimum absolute atomic E-state index is 0.0791.